The Bertz CT molecular complexity index is 584. The highest BCUT2D eigenvalue weighted by atomic mass is 16.2. The molecule has 0 atom stereocenters. The van der Waals surface area contributed by atoms with Gasteiger partial charge in [-0.15, -0.1) is 0 Å². The second-order valence-electron chi connectivity index (χ2n) is 3.15. The molecule has 0 aliphatic rings. The van der Waals surface area contributed by atoms with E-state index < -0.39 is 11.2 Å². The molecule has 0 aromatic carbocycles. The smallest absolute Gasteiger partial charge is 0.303 e. The standard InChI is InChI=1S/C10H9N3O2/c1-13-6-8(9(14)12-10(13)15)7-3-2-4-11-5-7/h2-6H,1H3,(H,12,14,15). The van der Waals surface area contributed by atoms with Crippen LogP contribution >= 0.6 is 0 Å². The molecular weight excluding hydrogens is 194 g/mol. The van der Waals surface area contributed by atoms with Crippen molar-refractivity contribution < 1.29 is 0 Å². The maximum atomic E-state index is 11.5. The Morgan fingerprint density at radius 2 is 2.20 bits per heavy atom. The molecule has 0 unspecified atom stereocenters. The van der Waals surface area contributed by atoms with Crippen LogP contribution in [-0.4, -0.2) is 14.5 Å². The van der Waals surface area contributed by atoms with Crippen LogP contribution in [0.25, 0.3) is 11.1 Å². The van der Waals surface area contributed by atoms with E-state index in [9.17, 15) is 9.59 Å². The van der Waals surface area contributed by atoms with Gasteiger partial charge in [-0.2, -0.15) is 0 Å². The van der Waals surface area contributed by atoms with Crippen molar-refractivity contribution in [3.05, 3.63) is 51.6 Å². The average molecular weight is 203 g/mol. The van der Waals surface area contributed by atoms with E-state index in [0.29, 0.717) is 11.1 Å². The second-order valence-corrected chi connectivity index (χ2v) is 3.15. The van der Waals surface area contributed by atoms with Crippen LogP contribution in [0.2, 0.25) is 0 Å². The maximum absolute atomic E-state index is 11.5. The summed E-state index contributed by atoms with van der Waals surface area (Å²) < 4.78 is 1.32. The van der Waals surface area contributed by atoms with Gasteiger partial charge in [-0.05, 0) is 6.07 Å². The van der Waals surface area contributed by atoms with Crippen molar-refractivity contribution >= 4 is 0 Å². The van der Waals surface area contributed by atoms with Crippen LogP contribution in [0.4, 0.5) is 0 Å². The van der Waals surface area contributed by atoms with Gasteiger partial charge in [0, 0.05) is 31.2 Å². The minimum Gasteiger partial charge on any atom is -0.303 e. The molecule has 2 aromatic rings. The normalized spacial score (nSPS) is 10.2. The first kappa shape index (κ1) is 9.39. The third-order valence-electron chi connectivity index (χ3n) is 2.08. The van der Waals surface area contributed by atoms with E-state index >= 15 is 0 Å². The quantitative estimate of drug-likeness (QED) is 0.716. The second kappa shape index (κ2) is 3.53. The van der Waals surface area contributed by atoms with Gasteiger partial charge < -0.3 is 4.57 Å². The van der Waals surface area contributed by atoms with Gasteiger partial charge in [-0.25, -0.2) is 4.79 Å². The molecule has 5 heteroatoms. The molecule has 0 saturated heterocycles. The fourth-order valence-corrected chi connectivity index (χ4v) is 1.29. The molecule has 0 fully saturated rings. The lowest BCUT2D eigenvalue weighted by molar-refractivity contribution is 0.802. The molecule has 0 saturated carbocycles. The van der Waals surface area contributed by atoms with E-state index in [1.807, 2.05) is 0 Å². The molecule has 15 heavy (non-hydrogen) atoms. The van der Waals surface area contributed by atoms with Crippen LogP contribution in [0.15, 0.2) is 40.3 Å². The van der Waals surface area contributed by atoms with Gasteiger partial charge >= 0.3 is 5.69 Å². The summed E-state index contributed by atoms with van der Waals surface area (Å²) in [5, 5.41) is 0. The van der Waals surface area contributed by atoms with Crippen LogP contribution in [0.5, 0.6) is 0 Å². The minimum absolute atomic E-state index is 0.397. The molecule has 0 radical (unpaired) electrons. The molecule has 1 N–H and O–H groups in total. The average Bonchev–Trinajstić information content (AvgIpc) is 2.25. The lowest BCUT2D eigenvalue weighted by atomic mass is 10.1. The van der Waals surface area contributed by atoms with Crippen molar-refractivity contribution in [3.8, 4) is 11.1 Å². The van der Waals surface area contributed by atoms with E-state index in [0.717, 1.165) is 0 Å². The fourth-order valence-electron chi connectivity index (χ4n) is 1.29. The summed E-state index contributed by atoms with van der Waals surface area (Å²) in [6, 6.07) is 3.50. The summed E-state index contributed by atoms with van der Waals surface area (Å²) >= 11 is 0. The van der Waals surface area contributed by atoms with Gasteiger partial charge in [0.2, 0.25) is 0 Å². The van der Waals surface area contributed by atoms with E-state index in [2.05, 4.69) is 9.97 Å². The van der Waals surface area contributed by atoms with Crippen LogP contribution in [-0.2, 0) is 7.05 Å². The number of hydrogen-bond donors (Lipinski definition) is 1. The predicted molar refractivity (Wildman–Crippen MR) is 55.5 cm³/mol. The highest BCUT2D eigenvalue weighted by Gasteiger charge is 2.04. The lowest BCUT2D eigenvalue weighted by Gasteiger charge is -2.01. The molecular formula is C10H9N3O2. The van der Waals surface area contributed by atoms with E-state index in [1.165, 1.54) is 10.8 Å². The molecule has 0 aliphatic carbocycles. The predicted octanol–water partition coefficient (Wildman–Crippen LogP) is 0.136. The van der Waals surface area contributed by atoms with Gasteiger partial charge in [0.1, 0.15) is 0 Å². The number of aryl methyl sites for hydroxylation is 1. The first-order valence-electron chi connectivity index (χ1n) is 4.39. The van der Waals surface area contributed by atoms with Crippen molar-refractivity contribution in [2.45, 2.75) is 0 Å². The zero-order valence-corrected chi connectivity index (χ0v) is 8.10. The van der Waals surface area contributed by atoms with Crippen molar-refractivity contribution in [3.63, 3.8) is 0 Å². The zero-order chi connectivity index (χ0) is 10.8. The number of pyridine rings is 1. The summed E-state index contributed by atoms with van der Waals surface area (Å²) in [6.07, 6.45) is 4.70. The fraction of sp³-hybridized carbons (Fsp3) is 0.100. The molecule has 2 aromatic heterocycles. The Balaban J connectivity index is 2.70. The Kier molecular flexibility index (Phi) is 2.21. The van der Waals surface area contributed by atoms with E-state index in [1.54, 1.807) is 31.6 Å². The van der Waals surface area contributed by atoms with Crippen LogP contribution < -0.4 is 11.2 Å². The minimum atomic E-state index is -0.423. The number of aromatic amines is 1. The monoisotopic (exact) mass is 203 g/mol. The number of hydrogen-bond acceptors (Lipinski definition) is 3. The van der Waals surface area contributed by atoms with E-state index in [4.69, 9.17) is 0 Å². The summed E-state index contributed by atoms with van der Waals surface area (Å²) in [6.45, 7) is 0. The highest BCUT2D eigenvalue weighted by Crippen LogP contribution is 2.10. The number of rotatable bonds is 1. The Hall–Kier alpha value is -2.17. The Morgan fingerprint density at radius 1 is 1.40 bits per heavy atom. The summed E-state index contributed by atoms with van der Waals surface area (Å²) in [7, 11) is 1.58. The van der Waals surface area contributed by atoms with Crippen molar-refractivity contribution in [2.75, 3.05) is 0 Å². The summed E-state index contributed by atoms with van der Waals surface area (Å²) in [4.78, 5) is 28.8. The lowest BCUT2D eigenvalue weighted by Crippen LogP contribution is -2.28. The first-order valence-corrected chi connectivity index (χ1v) is 4.39. The molecule has 5 nitrogen and oxygen atoms in total. The SMILES string of the molecule is Cn1cc(-c2cccnc2)c(=O)[nH]c1=O. The molecule has 0 spiro atoms. The molecule has 2 heterocycles. The van der Waals surface area contributed by atoms with Gasteiger partial charge in [-0.1, -0.05) is 6.07 Å². The van der Waals surface area contributed by atoms with Gasteiger partial charge in [0.15, 0.2) is 0 Å². The van der Waals surface area contributed by atoms with Gasteiger partial charge in [0.25, 0.3) is 5.56 Å². The largest absolute Gasteiger partial charge is 0.328 e. The van der Waals surface area contributed by atoms with Crippen LogP contribution in [0.1, 0.15) is 0 Å². The third kappa shape index (κ3) is 1.71. The topological polar surface area (TPSA) is 67.8 Å². The van der Waals surface area contributed by atoms with Gasteiger partial charge in [-0.3, -0.25) is 14.8 Å². The number of nitrogens with zero attached hydrogens (tertiary/aromatic N) is 2. The van der Waals surface area contributed by atoms with Crippen LogP contribution in [0, 0.1) is 0 Å². The zero-order valence-electron chi connectivity index (χ0n) is 8.10. The molecule has 76 valence electrons. The highest BCUT2D eigenvalue weighted by molar-refractivity contribution is 5.59. The molecule has 0 aliphatic heterocycles. The Morgan fingerprint density at radius 3 is 2.87 bits per heavy atom. The Labute approximate surface area is 85.0 Å². The summed E-state index contributed by atoms with van der Waals surface area (Å²) in [5.41, 5.74) is 0.304. The number of H-pyrrole nitrogens is 1. The summed E-state index contributed by atoms with van der Waals surface area (Å²) in [5.74, 6) is 0. The van der Waals surface area contributed by atoms with E-state index in [-0.39, 0.29) is 0 Å². The first-order chi connectivity index (χ1) is 7.18. The third-order valence-corrected chi connectivity index (χ3v) is 2.08. The van der Waals surface area contributed by atoms with Crippen molar-refractivity contribution in [2.24, 2.45) is 7.05 Å². The maximum Gasteiger partial charge on any atom is 0.328 e. The van der Waals surface area contributed by atoms with Crippen molar-refractivity contribution in [1.29, 1.82) is 0 Å². The van der Waals surface area contributed by atoms with Crippen LogP contribution in [0.3, 0.4) is 0 Å². The molecule has 0 bridgehead atoms. The molecule has 2 rings (SSSR count). The molecule has 0 amide bonds. The number of nitrogens with one attached hydrogen (secondary N) is 1. The van der Waals surface area contributed by atoms with Gasteiger partial charge in [0.05, 0.1) is 5.56 Å². The number of aromatic nitrogens is 3. The van der Waals surface area contributed by atoms with Crippen molar-refractivity contribution in [1.82, 2.24) is 14.5 Å².